The highest BCUT2D eigenvalue weighted by Crippen LogP contribution is 2.24. The SMILES string of the molecule is CN1CCC(N(C)c2nccnc2Cl)CC1. The topological polar surface area (TPSA) is 32.3 Å². The van der Waals surface area contributed by atoms with Gasteiger partial charge in [0.25, 0.3) is 0 Å². The molecule has 0 aliphatic carbocycles. The van der Waals surface area contributed by atoms with Crippen LogP contribution in [0.3, 0.4) is 0 Å². The lowest BCUT2D eigenvalue weighted by molar-refractivity contribution is 0.252. The number of likely N-dealkylation sites (tertiary alicyclic amines) is 1. The Hall–Kier alpha value is -0.870. The molecule has 2 heterocycles. The molecule has 1 aromatic rings. The molecular formula is C11H17ClN4. The third-order valence-corrected chi connectivity index (χ3v) is 3.47. The van der Waals surface area contributed by atoms with Crippen molar-refractivity contribution in [3.8, 4) is 0 Å². The van der Waals surface area contributed by atoms with Gasteiger partial charge in [0.05, 0.1) is 0 Å². The van der Waals surface area contributed by atoms with Gasteiger partial charge in [-0.05, 0) is 33.0 Å². The zero-order valence-corrected chi connectivity index (χ0v) is 10.5. The van der Waals surface area contributed by atoms with Crippen molar-refractivity contribution in [3.63, 3.8) is 0 Å². The van der Waals surface area contributed by atoms with Crippen LogP contribution < -0.4 is 4.90 Å². The molecule has 2 rings (SSSR count). The van der Waals surface area contributed by atoms with Gasteiger partial charge < -0.3 is 9.80 Å². The fourth-order valence-electron chi connectivity index (χ4n) is 2.11. The van der Waals surface area contributed by atoms with Crippen molar-refractivity contribution in [1.29, 1.82) is 0 Å². The standard InChI is InChI=1S/C11H17ClN4/c1-15-7-3-9(4-8-15)16(2)11-10(12)13-5-6-14-11/h5-6,9H,3-4,7-8H2,1-2H3. The van der Waals surface area contributed by atoms with Gasteiger partial charge in [-0.15, -0.1) is 0 Å². The molecule has 0 amide bonds. The fourth-order valence-corrected chi connectivity index (χ4v) is 2.34. The van der Waals surface area contributed by atoms with Crippen LogP contribution in [0.2, 0.25) is 5.15 Å². The summed E-state index contributed by atoms with van der Waals surface area (Å²) in [5, 5.41) is 0.490. The second-order valence-electron chi connectivity index (χ2n) is 4.32. The van der Waals surface area contributed by atoms with E-state index < -0.39 is 0 Å². The molecule has 0 atom stereocenters. The average Bonchev–Trinajstić information content (AvgIpc) is 2.30. The molecule has 5 heteroatoms. The summed E-state index contributed by atoms with van der Waals surface area (Å²) in [6.45, 7) is 2.26. The number of nitrogens with zero attached hydrogens (tertiary/aromatic N) is 4. The molecule has 0 bridgehead atoms. The Morgan fingerprint density at radius 1 is 1.31 bits per heavy atom. The second-order valence-corrected chi connectivity index (χ2v) is 4.67. The maximum absolute atomic E-state index is 6.04. The lowest BCUT2D eigenvalue weighted by Gasteiger charge is -2.35. The first-order valence-electron chi connectivity index (χ1n) is 5.56. The number of anilines is 1. The summed E-state index contributed by atoms with van der Waals surface area (Å²) in [7, 11) is 4.21. The van der Waals surface area contributed by atoms with E-state index in [9.17, 15) is 0 Å². The van der Waals surface area contributed by atoms with E-state index in [2.05, 4.69) is 26.8 Å². The summed E-state index contributed by atoms with van der Waals surface area (Å²) in [5.41, 5.74) is 0. The highest BCUT2D eigenvalue weighted by Gasteiger charge is 2.22. The summed E-state index contributed by atoms with van der Waals surface area (Å²) in [6, 6.07) is 0.519. The third kappa shape index (κ3) is 2.44. The molecular weight excluding hydrogens is 224 g/mol. The van der Waals surface area contributed by atoms with Crippen molar-refractivity contribution in [3.05, 3.63) is 17.5 Å². The van der Waals surface area contributed by atoms with E-state index in [-0.39, 0.29) is 0 Å². The molecule has 0 saturated carbocycles. The van der Waals surface area contributed by atoms with Crippen molar-refractivity contribution in [1.82, 2.24) is 14.9 Å². The highest BCUT2D eigenvalue weighted by molar-refractivity contribution is 6.31. The molecule has 1 aromatic heterocycles. The third-order valence-electron chi connectivity index (χ3n) is 3.21. The fraction of sp³-hybridized carbons (Fsp3) is 0.636. The van der Waals surface area contributed by atoms with E-state index in [1.807, 2.05) is 7.05 Å². The zero-order valence-electron chi connectivity index (χ0n) is 9.73. The largest absolute Gasteiger partial charge is 0.354 e. The molecule has 1 fully saturated rings. The minimum Gasteiger partial charge on any atom is -0.354 e. The number of piperidine rings is 1. The maximum atomic E-state index is 6.04. The van der Waals surface area contributed by atoms with Crippen LogP contribution in [-0.4, -0.2) is 48.1 Å². The number of hydrogen-bond donors (Lipinski definition) is 0. The summed E-state index contributed by atoms with van der Waals surface area (Å²) in [6.07, 6.45) is 5.61. The predicted octanol–water partition coefficient (Wildman–Crippen LogP) is 1.66. The van der Waals surface area contributed by atoms with Gasteiger partial charge in [0.2, 0.25) is 0 Å². The van der Waals surface area contributed by atoms with Crippen LogP contribution in [0.5, 0.6) is 0 Å². The van der Waals surface area contributed by atoms with Gasteiger partial charge in [-0.25, -0.2) is 9.97 Å². The van der Waals surface area contributed by atoms with Crippen molar-refractivity contribution in [2.45, 2.75) is 18.9 Å². The second kappa shape index (κ2) is 4.97. The number of hydrogen-bond acceptors (Lipinski definition) is 4. The molecule has 0 aromatic carbocycles. The first-order valence-corrected chi connectivity index (χ1v) is 5.94. The number of rotatable bonds is 2. The number of aromatic nitrogens is 2. The van der Waals surface area contributed by atoms with Gasteiger partial charge in [-0.1, -0.05) is 11.6 Å². The van der Waals surface area contributed by atoms with Crippen LogP contribution in [-0.2, 0) is 0 Å². The molecule has 16 heavy (non-hydrogen) atoms. The maximum Gasteiger partial charge on any atom is 0.171 e. The van der Waals surface area contributed by atoms with Gasteiger partial charge in [-0.2, -0.15) is 0 Å². The Balaban J connectivity index is 2.07. The summed E-state index contributed by atoms with van der Waals surface area (Å²) in [4.78, 5) is 12.9. The Bertz CT molecular complexity index is 350. The summed E-state index contributed by atoms with van der Waals surface area (Å²) in [5.74, 6) is 0.790. The van der Waals surface area contributed by atoms with Gasteiger partial charge >= 0.3 is 0 Å². The smallest absolute Gasteiger partial charge is 0.171 e. The van der Waals surface area contributed by atoms with Crippen LogP contribution >= 0.6 is 11.6 Å². The first-order chi connectivity index (χ1) is 7.68. The Morgan fingerprint density at radius 2 is 1.94 bits per heavy atom. The quantitative estimate of drug-likeness (QED) is 0.787. The van der Waals surface area contributed by atoms with Crippen LogP contribution in [0.25, 0.3) is 0 Å². The monoisotopic (exact) mass is 240 g/mol. The minimum atomic E-state index is 0.490. The van der Waals surface area contributed by atoms with Crippen LogP contribution in [0.15, 0.2) is 12.4 Å². The van der Waals surface area contributed by atoms with E-state index in [0.717, 1.165) is 31.7 Å². The molecule has 0 unspecified atom stereocenters. The Labute approximate surface area is 101 Å². The van der Waals surface area contributed by atoms with E-state index in [0.29, 0.717) is 11.2 Å². The predicted molar refractivity (Wildman–Crippen MR) is 66.0 cm³/mol. The van der Waals surface area contributed by atoms with Gasteiger partial charge in [0.15, 0.2) is 11.0 Å². The molecule has 4 nitrogen and oxygen atoms in total. The van der Waals surface area contributed by atoms with Crippen LogP contribution in [0, 0.1) is 0 Å². The molecule has 0 N–H and O–H groups in total. The summed E-state index contributed by atoms with van der Waals surface area (Å²) < 4.78 is 0. The van der Waals surface area contributed by atoms with Crippen molar-refractivity contribution < 1.29 is 0 Å². The minimum absolute atomic E-state index is 0.490. The van der Waals surface area contributed by atoms with Crippen molar-refractivity contribution in [2.24, 2.45) is 0 Å². The first kappa shape index (κ1) is 11.6. The molecule has 0 radical (unpaired) electrons. The molecule has 1 aliphatic rings. The summed E-state index contributed by atoms with van der Waals surface area (Å²) >= 11 is 6.04. The number of halogens is 1. The zero-order chi connectivity index (χ0) is 11.5. The van der Waals surface area contributed by atoms with Crippen LogP contribution in [0.4, 0.5) is 5.82 Å². The Morgan fingerprint density at radius 3 is 2.56 bits per heavy atom. The molecule has 1 saturated heterocycles. The van der Waals surface area contributed by atoms with Crippen LogP contribution in [0.1, 0.15) is 12.8 Å². The highest BCUT2D eigenvalue weighted by atomic mass is 35.5. The normalized spacial score (nSPS) is 18.7. The van der Waals surface area contributed by atoms with Gasteiger partial charge in [0, 0.05) is 25.5 Å². The molecule has 0 spiro atoms. The van der Waals surface area contributed by atoms with Gasteiger partial charge in [-0.3, -0.25) is 0 Å². The molecule has 1 aliphatic heterocycles. The van der Waals surface area contributed by atoms with E-state index in [4.69, 9.17) is 11.6 Å². The van der Waals surface area contributed by atoms with Gasteiger partial charge in [0.1, 0.15) is 0 Å². The van der Waals surface area contributed by atoms with E-state index in [1.165, 1.54) is 0 Å². The van der Waals surface area contributed by atoms with Crippen molar-refractivity contribution >= 4 is 17.4 Å². The van der Waals surface area contributed by atoms with E-state index in [1.54, 1.807) is 12.4 Å². The Kier molecular flexibility index (Phi) is 3.61. The molecule has 88 valence electrons. The average molecular weight is 241 g/mol. The lowest BCUT2D eigenvalue weighted by Crippen LogP contribution is -2.42. The lowest BCUT2D eigenvalue weighted by atomic mass is 10.0. The van der Waals surface area contributed by atoms with Crippen molar-refractivity contribution in [2.75, 3.05) is 32.1 Å². The van der Waals surface area contributed by atoms with E-state index >= 15 is 0 Å².